The molecule has 0 radical (unpaired) electrons. The van der Waals surface area contributed by atoms with E-state index in [0.29, 0.717) is 12.1 Å². The van der Waals surface area contributed by atoms with Crippen LogP contribution in [-0.4, -0.2) is 48.1 Å². The Bertz CT molecular complexity index is 943. The second kappa shape index (κ2) is 10.7. The third-order valence-electron chi connectivity index (χ3n) is 5.34. The highest BCUT2D eigenvalue weighted by molar-refractivity contribution is 5.92. The van der Waals surface area contributed by atoms with Crippen molar-refractivity contribution in [2.24, 2.45) is 0 Å². The van der Waals surface area contributed by atoms with Crippen molar-refractivity contribution in [3.63, 3.8) is 0 Å². The van der Waals surface area contributed by atoms with Gasteiger partial charge in [-0.15, -0.1) is 0 Å². The molecule has 33 heavy (non-hydrogen) atoms. The molecule has 0 aliphatic carbocycles. The van der Waals surface area contributed by atoms with Crippen molar-refractivity contribution >= 4 is 11.8 Å². The molecule has 2 amide bonds. The minimum Gasteiger partial charge on any atom is -0.482 e. The van der Waals surface area contributed by atoms with Crippen LogP contribution in [0.25, 0.3) is 0 Å². The number of nitrogens with one attached hydrogen (secondary N) is 3. The molecule has 1 saturated heterocycles. The van der Waals surface area contributed by atoms with Crippen LogP contribution >= 0.6 is 0 Å². The molecule has 3 atom stereocenters. The highest BCUT2D eigenvalue weighted by Gasteiger charge is 2.40. The Morgan fingerprint density at radius 2 is 1.91 bits per heavy atom. The summed E-state index contributed by atoms with van der Waals surface area (Å²) in [6.07, 6.45) is -2.70. The van der Waals surface area contributed by atoms with Crippen LogP contribution in [0.3, 0.4) is 0 Å². The summed E-state index contributed by atoms with van der Waals surface area (Å²) in [6.45, 7) is 4.94. The van der Waals surface area contributed by atoms with Gasteiger partial charge in [0, 0.05) is 12.6 Å². The highest BCUT2D eigenvalue weighted by atomic mass is 19.4. The summed E-state index contributed by atoms with van der Waals surface area (Å²) in [7, 11) is 0. The Labute approximate surface area is 190 Å². The van der Waals surface area contributed by atoms with Crippen LogP contribution < -0.4 is 20.7 Å². The smallest absolute Gasteiger partial charge is 0.471 e. The highest BCUT2D eigenvalue weighted by Crippen LogP contribution is 2.26. The molecule has 10 heteroatoms. The minimum absolute atomic E-state index is 0.0352. The third kappa shape index (κ3) is 6.92. The summed E-state index contributed by atoms with van der Waals surface area (Å²) in [5.74, 6) is -2.10. The predicted octanol–water partition coefficient (Wildman–Crippen LogP) is 3.06. The van der Waals surface area contributed by atoms with Crippen LogP contribution in [-0.2, 0) is 4.79 Å². The van der Waals surface area contributed by atoms with E-state index in [4.69, 9.17) is 4.74 Å². The lowest BCUT2D eigenvalue weighted by molar-refractivity contribution is -0.174. The first-order chi connectivity index (χ1) is 15.6. The van der Waals surface area contributed by atoms with Crippen molar-refractivity contribution in [2.45, 2.75) is 51.1 Å². The van der Waals surface area contributed by atoms with Crippen LogP contribution in [0.4, 0.5) is 13.2 Å². The molecule has 1 aromatic heterocycles. The molecule has 0 saturated carbocycles. The number of carbonyl (C=O) groups is 2. The number of ether oxygens (including phenoxy) is 1. The van der Waals surface area contributed by atoms with E-state index < -0.39 is 24.2 Å². The molecule has 3 N–H and O–H groups in total. The summed E-state index contributed by atoms with van der Waals surface area (Å²) >= 11 is 0. The largest absolute Gasteiger partial charge is 0.482 e. The summed E-state index contributed by atoms with van der Waals surface area (Å²) in [6, 6.07) is 9.11. The van der Waals surface area contributed by atoms with Crippen molar-refractivity contribution in [2.75, 3.05) is 13.1 Å². The summed E-state index contributed by atoms with van der Waals surface area (Å²) < 4.78 is 44.1. The SMILES string of the molecule is Cc1ccc([C@@H](Oc2ccc(C(=O)N[C@@H]3CCCNC3)nc2)[C@H](C)NC(=O)C(F)(F)F)cc1. The maximum absolute atomic E-state index is 12.7. The van der Waals surface area contributed by atoms with E-state index >= 15 is 0 Å². The van der Waals surface area contributed by atoms with E-state index in [2.05, 4.69) is 15.6 Å². The molecular weight excluding hydrogens is 437 g/mol. The van der Waals surface area contributed by atoms with Crippen LogP contribution in [0.2, 0.25) is 0 Å². The molecule has 1 aliphatic heterocycles. The second-order valence-electron chi connectivity index (χ2n) is 8.10. The van der Waals surface area contributed by atoms with E-state index in [9.17, 15) is 22.8 Å². The molecular formula is C23H27F3N4O3. The maximum atomic E-state index is 12.7. The number of carbonyl (C=O) groups excluding carboxylic acids is 2. The fourth-order valence-electron chi connectivity index (χ4n) is 3.54. The first-order valence-corrected chi connectivity index (χ1v) is 10.7. The van der Waals surface area contributed by atoms with Gasteiger partial charge in [0.1, 0.15) is 17.5 Å². The number of piperidine rings is 1. The quantitative estimate of drug-likeness (QED) is 0.586. The van der Waals surface area contributed by atoms with Crippen LogP contribution in [0.5, 0.6) is 5.75 Å². The number of halogens is 3. The lowest BCUT2D eigenvalue weighted by Gasteiger charge is -2.27. The number of hydrogen-bond donors (Lipinski definition) is 3. The molecule has 3 rings (SSSR count). The molecule has 1 aliphatic rings. The van der Waals surface area contributed by atoms with Crippen LogP contribution in [0.15, 0.2) is 42.6 Å². The van der Waals surface area contributed by atoms with Gasteiger partial charge in [-0.05, 0) is 50.9 Å². The Kier molecular flexibility index (Phi) is 7.91. The zero-order valence-electron chi connectivity index (χ0n) is 18.4. The number of amides is 2. The number of rotatable bonds is 7. The predicted molar refractivity (Wildman–Crippen MR) is 116 cm³/mol. The number of pyridine rings is 1. The van der Waals surface area contributed by atoms with Gasteiger partial charge in [0.2, 0.25) is 0 Å². The van der Waals surface area contributed by atoms with Gasteiger partial charge in [-0.1, -0.05) is 29.8 Å². The Hall–Kier alpha value is -3.14. The summed E-state index contributed by atoms with van der Waals surface area (Å²) in [5.41, 5.74) is 1.76. The first-order valence-electron chi connectivity index (χ1n) is 10.7. The molecule has 7 nitrogen and oxygen atoms in total. The van der Waals surface area contributed by atoms with Crippen molar-refractivity contribution in [3.05, 3.63) is 59.4 Å². The van der Waals surface area contributed by atoms with Gasteiger partial charge >= 0.3 is 12.1 Å². The van der Waals surface area contributed by atoms with Gasteiger partial charge in [-0.2, -0.15) is 13.2 Å². The number of nitrogens with zero attached hydrogens (tertiary/aromatic N) is 1. The molecule has 0 bridgehead atoms. The molecule has 2 heterocycles. The number of benzene rings is 1. The fourth-order valence-corrected chi connectivity index (χ4v) is 3.54. The lowest BCUT2D eigenvalue weighted by Crippen LogP contribution is -2.45. The Morgan fingerprint density at radius 1 is 1.18 bits per heavy atom. The minimum atomic E-state index is -5.00. The van der Waals surface area contributed by atoms with E-state index in [0.717, 1.165) is 24.9 Å². The maximum Gasteiger partial charge on any atom is 0.471 e. The van der Waals surface area contributed by atoms with E-state index in [-0.39, 0.29) is 23.4 Å². The van der Waals surface area contributed by atoms with E-state index in [1.165, 1.54) is 25.3 Å². The van der Waals surface area contributed by atoms with Crippen molar-refractivity contribution in [1.29, 1.82) is 0 Å². The number of aryl methyl sites for hydroxylation is 1. The number of aromatic nitrogens is 1. The van der Waals surface area contributed by atoms with Gasteiger partial charge in [0.15, 0.2) is 0 Å². The molecule has 1 fully saturated rings. The normalized spacial score (nSPS) is 18.2. The zero-order chi connectivity index (χ0) is 24.0. The van der Waals surface area contributed by atoms with Gasteiger partial charge in [-0.3, -0.25) is 9.59 Å². The molecule has 1 aromatic carbocycles. The fraction of sp³-hybridized carbons (Fsp3) is 0.435. The van der Waals surface area contributed by atoms with E-state index in [1.54, 1.807) is 24.3 Å². The van der Waals surface area contributed by atoms with Gasteiger partial charge in [0.25, 0.3) is 5.91 Å². The summed E-state index contributed by atoms with van der Waals surface area (Å²) in [4.78, 5) is 28.0. The Balaban J connectivity index is 1.72. The summed E-state index contributed by atoms with van der Waals surface area (Å²) in [5, 5.41) is 8.09. The average Bonchev–Trinajstić information content (AvgIpc) is 2.78. The number of alkyl halides is 3. The van der Waals surface area contributed by atoms with Gasteiger partial charge in [-0.25, -0.2) is 4.98 Å². The van der Waals surface area contributed by atoms with E-state index in [1.807, 2.05) is 12.2 Å². The first kappa shape index (κ1) is 24.5. The molecule has 178 valence electrons. The standard InChI is InChI=1S/C23H27F3N4O3/c1-14-5-7-16(8-6-14)20(15(2)29-22(32)23(24,25)26)33-18-9-10-19(28-13-18)21(31)30-17-4-3-11-27-12-17/h5-10,13,15,17,20,27H,3-4,11-12H2,1-2H3,(H,29,32)(H,30,31)/t15-,17+,20-/m0/s1. The average molecular weight is 464 g/mol. The monoisotopic (exact) mass is 464 g/mol. The molecule has 0 unspecified atom stereocenters. The van der Waals surface area contributed by atoms with Crippen LogP contribution in [0.1, 0.15) is 47.5 Å². The zero-order valence-corrected chi connectivity index (χ0v) is 18.4. The molecule has 0 spiro atoms. The van der Waals surface area contributed by atoms with Gasteiger partial charge in [0.05, 0.1) is 12.2 Å². The second-order valence-corrected chi connectivity index (χ2v) is 8.10. The van der Waals surface area contributed by atoms with Crippen molar-refractivity contribution in [1.82, 2.24) is 20.9 Å². The topological polar surface area (TPSA) is 92.3 Å². The molecule has 2 aromatic rings. The van der Waals surface area contributed by atoms with Crippen molar-refractivity contribution < 1.29 is 27.5 Å². The number of hydrogen-bond acceptors (Lipinski definition) is 5. The third-order valence-corrected chi connectivity index (χ3v) is 5.34. The van der Waals surface area contributed by atoms with Crippen LogP contribution in [0, 0.1) is 6.92 Å². The van der Waals surface area contributed by atoms with Crippen molar-refractivity contribution in [3.8, 4) is 5.75 Å². The lowest BCUT2D eigenvalue weighted by atomic mass is 10.0. The Morgan fingerprint density at radius 3 is 2.48 bits per heavy atom. The van der Waals surface area contributed by atoms with Gasteiger partial charge < -0.3 is 20.7 Å².